The minimum atomic E-state index is -0.821. The van der Waals surface area contributed by atoms with E-state index in [9.17, 15) is 9.00 Å². The van der Waals surface area contributed by atoms with E-state index in [1.54, 1.807) is 6.26 Å². The molecule has 0 heterocycles. The number of likely N-dealkylation sites (N-methyl/N-ethyl adjacent to an activating group) is 1. The zero-order chi connectivity index (χ0) is 12.1. The van der Waals surface area contributed by atoms with Crippen molar-refractivity contribution >= 4 is 16.7 Å². The quantitative estimate of drug-likeness (QED) is 0.705. The van der Waals surface area contributed by atoms with Gasteiger partial charge in [-0.25, -0.2) is 0 Å². The maximum atomic E-state index is 11.8. The molecule has 1 amide bonds. The molecule has 2 atom stereocenters. The van der Waals surface area contributed by atoms with Gasteiger partial charge in [0.1, 0.15) is 0 Å². The standard InChI is InChI=1S/C11H22N2O2S/c1-4-13(10-5-6-10)11(14)8-12-7-9(2)16(3)15/h9-10,12H,4-8H2,1-3H3. The van der Waals surface area contributed by atoms with Gasteiger partial charge in [-0.3, -0.25) is 9.00 Å². The SMILES string of the molecule is CCN(C(=O)CNCC(C)S(C)=O)C1CC1. The Morgan fingerprint density at radius 3 is 2.62 bits per heavy atom. The van der Waals surface area contributed by atoms with Crippen molar-refractivity contribution in [3.05, 3.63) is 0 Å². The number of hydrogen-bond donors (Lipinski definition) is 1. The van der Waals surface area contributed by atoms with Crippen LogP contribution in [0.2, 0.25) is 0 Å². The molecule has 2 unspecified atom stereocenters. The molecule has 94 valence electrons. The summed E-state index contributed by atoms with van der Waals surface area (Å²) < 4.78 is 11.1. The minimum absolute atomic E-state index is 0.101. The predicted molar refractivity (Wildman–Crippen MR) is 66.8 cm³/mol. The molecule has 1 aliphatic rings. The van der Waals surface area contributed by atoms with Gasteiger partial charge in [0.05, 0.1) is 6.54 Å². The van der Waals surface area contributed by atoms with E-state index in [0.717, 1.165) is 19.4 Å². The van der Waals surface area contributed by atoms with E-state index in [1.165, 1.54) is 0 Å². The first-order valence-corrected chi connectivity index (χ1v) is 7.50. The first-order chi connectivity index (χ1) is 7.56. The van der Waals surface area contributed by atoms with Gasteiger partial charge in [0.2, 0.25) is 5.91 Å². The monoisotopic (exact) mass is 246 g/mol. The molecule has 1 saturated carbocycles. The summed E-state index contributed by atoms with van der Waals surface area (Å²) in [5.41, 5.74) is 0. The second-order valence-electron chi connectivity index (χ2n) is 4.35. The van der Waals surface area contributed by atoms with Gasteiger partial charge in [-0.15, -0.1) is 0 Å². The molecule has 0 bridgehead atoms. The van der Waals surface area contributed by atoms with Crippen molar-refractivity contribution in [1.29, 1.82) is 0 Å². The Labute approximate surface area is 100 Å². The smallest absolute Gasteiger partial charge is 0.236 e. The number of nitrogens with zero attached hydrogens (tertiary/aromatic N) is 1. The Morgan fingerprint density at radius 2 is 2.19 bits per heavy atom. The third kappa shape index (κ3) is 4.22. The lowest BCUT2D eigenvalue weighted by atomic mass is 10.4. The molecular formula is C11H22N2O2S. The van der Waals surface area contributed by atoms with Gasteiger partial charge in [-0.2, -0.15) is 0 Å². The predicted octanol–water partition coefficient (Wildman–Crippen LogP) is 0.354. The van der Waals surface area contributed by atoms with Crippen LogP contribution in [-0.2, 0) is 15.6 Å². The van der Waals surface area contributed by atoms with Crippen LogP contribution < -0.4 is 5.32 Å². The Bertz CT molecular complexity index is 267. The average molecular weight is 246 g/mol. The van der Waals surface area contributed by atoms with E-state index in [4.69, 9.17) is 0 Å². The van der Waals surface area contributed by atoms with Gasteiger partial charge < -0.3 is 10.2 Å². The highest BCUT2D eigenvalue weighted by atomic mass is 32.2. The van der Waals surface area contributed by atoms with Crippen molar-refractivity contribution in [3.8, 4) is 0 Å². The second-order valence-corrected chi connectivity index (χ2v) is 6.15. The molecule has 0 aromatic rings. The lowest BCUT2D eigenvalue weighted by Gasteiger charge is -2.21. The van der Waals surface area contributed by atoms with Crippen molar-refractivity contribution in [2.75, 3.05) is 25.9 Å². The van der Waals surface area contributed by atoms with Gasteiger partial charge in [0.25, 0.3) is 0 Å². The van der Waals surface area contributed by atoms with Crippen LogP contribution >= 0.6 is 0 Å². The molecule has 0 aliphatic heterocycles. The van der Waals surface area contributed by atoms with E-state index in [2.05, 4.69) is 5.32 Å². The molecule has 4 nitrogen and oxygen atoms in total. The second kappa shape index (κ2) is 6.35. The molecule has 0 saturated heterocycles. The molecule has 1 fully saturated rings. The zero-order valence-electron chi connectivity index (χ0n) is 10.4. The largest absolute Gasteiger partial charge is 0.339 e. The van der Waals surface area contributed by atoms with E-state index in [-0.39, 0.29) is 11.2 Å². The molecule has 5 heteroatoms. The maximum absolute atomic E-state index is 11.8. The van der Waals surface area contributed by atoms with Crippen LogP contribution in [0.15, 0.2) is 0 Å². The van der Waals surface area contributed by atoms with Gasteiger partial charge in [0.15, 0.2) is 0 Å². The van der Waals surface area contributed by atoms with Crippen LogP contribution in [0.5, 0.6) is 0 Å². The molecule has 0 aromatic heterocycles. The van der Waals surface area contributed by atoms with Gasteiger partial charge in [-0.05, 0) is 26.7 Å². The number of rotatable bonds is 7. The summed E-state index contributed by atoms with van der Waals surface area (Å²) in [5.74, 6) is 0.166. The fraction of sp³-hybridized carbons (Fsp3) is 0.909. The average Bonchev–Trinajstić information content (AvgIpc) is 3.02. The summed E-state index contributed by atoms with van der Waals surface area (Å²) in [6, 6.07) is 0.483. The fourth-order valence-corrected chi connectivity index (χ4v) is 1.98. The summed E-state index contributed by atoms with van der Waals surface area (Å²) in [5, 5.41) is 3.18. The lowest BCUT2D eigenvalue weighted by molar-refractivity contribution is -0.130. The number of nitrogens with one attached hydrogen (secondary N) is 1. The number of amides is 1. The van der Waals surface area contributed by atoms with E-state index in [1.807, 2.05) is 18.7 Å². The summed E-state index contributed by atoms with van der Waals surface area (Å²) in [4.78, 5) is 13.7. The number of carbonyl (C=O) groups is 1. The summed E-state index contributed by atoms with van der Waals surface area (Å²) >= 11 is 0. The van der Waals surface area contributed by atoms with Gasteiger partial charge in [0, 0.05) is 41.4 Å². The summed E-state index contributed by atoms with van der Waals surface area (Å²) in [6.07, 6.45) is 3.99. The third-order valence-corrected chi connectivity index (χ3v) is 4.22. The van der Waals surface area contributed by atoms with Crippen LogP contribution in [-0.4, -0.2) is 52.2 Å². The normalized spacial score (nSPS) is 19.2. The third-order valence-electron chi connectivity index (χ3n) is 2.92. The minimum Gasteiger partial charge on any atom is -0.339 e. The Hall–Kier alpha value is -0.420. The molecule has 1 N–H and O–H groups in total. The molecule has 0 radical (unpaired) electrons. The lowest BCUT2D eigenvalue weighted by Crippen LogP contribution is -2.41. The fourth-order valence-electron chi connectivity index (χ4n) is 1.63. The molecule has 0 spiro atoms. The highest BCUT2D eigenvalue weighted by Crippen LogP contribution is 2.26. The van der Waals surface area contributed by atoms with Crippen molar-refractivity contribution in [3.63, 3.8) is 0 Å². The van der Waals surface area contributed by atoms with Crippen LogP contribution in [0.4, 0.5) is 0 Å². The molecular weight excluding hydrogens is 224 g/mol. The van der Waals surface area contributed by atoms with E-state index >= 15 is 0 Å². The highest BCUT2D eigenvalue weighted by molar-refractivity contribution is 7.84. The molecule has 0 aromatic carbocycles. The van der Waals surface area contributed by atoms with Crippen molar-refractivity contribution in [2.24, 2.45) is 0 Å². The van der Waals surface area contributed by atoms with Gasteiger partial charge in [-0.1, -0.05) is 0 Å². The first-order valence-electron chi connectivity index (χ1n) is 5.88. The Balaban J connectivity index is 2.21. The summed E-state index contributed by atoms with van der Waals surface area (Å²) in [6.45, 7) is 5.73. The van der Waals surface area contributed by atoms with Crippen LogP contribution in [0.25, 0.3) is 0 Å². The Kier molecular flexibility index (Phi) is 5.41. The van der Waals surface area contributed by atoms with Crippen molar-refractivity contribution in [2.45, 2.75) is 38.0 Å². The molecule has 1 rings (SSSR count). The van der Waals surface area contributed by atoms with Crippen molar-refractivity contribution < 1.29 is 9.00 Å². The zero-order valence-corrected chi connectivity index (χ0v) is 11.2. The topological polar surface area (TPSA) is 49.4 Å². The van der Waals surface area contributed by atoms with Crippen LogP contribution in [0, 0.1) is 0 Å². The van der Waals surface area contributed by atoms with Crippen LogP contribution in [0.1, 0.15) is 26.7 Å². The molecule has 1 aliphatic carbocycles. The maximum Gasteiger partial charge on any atom is 0.236 e. The van der Waals surface area contributed by atoms with Crippen LogP contribution in [0.3, 0.4) is 0 Å². The van der Waals surface area contributed by atoms with E-state index < -0.39 is 10.8 Å². The molecule has 16 heavy (non-hydrogen) atoms. The van der Waals surface area contributed by atoms with Crippen molar-refractivity contribution in [1.82, 2.24) is 10.2 Å². The number of carbonyl (C=O) groups excluding carboxylic acids is 1. The highest BCUT2D eigenvalue weighted by Gasteiger charge is 2.30. The van der Waals surface area contributed by atoms with E-state index in [0.29, 0.717) is 19.1 Å². The van der Waals surface area contributed by atoms with Gasteiger partial charge >= 0.3 is 0 Å². The first kappa shape index (κ1) is 13.6. The Morgan fingerprint density at radius 1 is 1.56 bits per heavy atom. The summed E-state index contributed by atoms with van der Waals surface area (Å²) in [7, 11) is -0.821. The number of hydrogen-bond acceptors (Lipinski definition) is 3.